The Morgan fingerprint density at radius 2 is 2.03 bits per heavy atom. The molecule has 29 heavy (non-hydrogen) atoms. The molecule has 1 aromatic heterocycles. The Hall–Kier alpha value is -2.49. The van der Waals surface area contributed by atoms with Crippen molar-refractivity contribution < 1.29 is 22.6 Å². The molecule has 2 N–H and O–H groups in total. The van der Waals surface area contributed by atoms with Gasteiger partial charge in [0.15, 0.2) is 23.2 Å². The molecule has 0 atom stereocenters. The van der Waals surface area contributed by atoms with Gasteiger partial charge in [0.05, 0.1) is 18.7 Å². The zero-order valence-electron chi connectivity index (χ0n) is 16.6. The summed E-state index contributed by atoms with van der Waals surface area (Å²) in [6.07, 6.45) is -3.12. The van der Waals surface area contributed by atoms with Crippen LogP contribution in [0.4, 0.5) is 13.2 Å². The van der Waals surface area contributed by atoms with E-state index in [1.807, 2.05) is 25.1 Å². The summed E-state index contributed by atoms with van der Waals surface area (Å²) in [5, 5.41) is 7.69. The fraction of sp³-hybridized carbons (Fsp3) is 0.474. The van der Waals surface area contributed by atoms with Crippen molar-refractivity contribution in [2.45, 2.75) is 32.5 Å². The van der Waals surface area contributed by atoms with Crippen LogP contribution in [0.5, 0.6) is 11.5 Å². The monoisotopic (exact) mass is 430 g/mol. The molecule has 0 bridgehead atoms. The van der Waals surface area contributed by atoms with Gasteiger partial charge in [-0.15, -0.1) is 11.3 Å². The van der Waals surface area contributed by atoms with E-state index < -0.39 is 11.9 Å². The molecule has 0 saturated heterocycles. The first-order valence-electron chi connectivity index (χ1n) is 9.13. The Morgan fingerprint density at radius 3 is 2.66 bits per heavy atom. The summed E-state index contributed by atoms with van der Waals surface area (Å²) in [5.41, 5.74) is 0.128. The fourth-order valence-corrected chi connectivity index (χ4v) is 3.21. The van der Waals surface area contributed by atoms with E-state index in [1.54, 1.807) is 14.2 Å². The Morgan fingerprint density at radius 1 is 1.24 bits per heavy atom. The Kier molecular flexibility index (Phi) is 8.56. The summed E-state index contributed by atoms with van der Waals surface area (Å²) in [6.45, 7) is 3.57. The summed E-state index contributed by atoms with van der Waals surface area (Å²) in [5.74, 6) is 1.90. The fourth-order valence-electron chi connectivity index (χ4n) is 2.40. The molecule has 0 fully saturated rings. The molecule has 0 unspecified atom stereocenters. The molecule has 0 aliphatic carbocycles. The predicted molar refractivity (Wildman–Crippen MR) is 108 cm³/mol. The molecule has 0 spiro atoms. The van der Waals surface area contributed by atoms with Crippen LogP contribution in [0, 0.1) is 0 Å². The minimum atomic E-state index is -4.40. The third-order valence-electron chi connectivity index (χ3n) is 3.85. The van der Waals surface area contributed by atoms with E-state index in [2.05, 4.69) is 20.6 Å². The molecular formula is C19H25F3N4O2S. The van der Waals surface area contributed by atoms with E-state index in [-0.39, 0.29) is 0 Å². The highest BCUT2D eigenvalue weighted by Gasteiger charge is 2.33. The van der Waals surface area contributed by atoms with Gasteiger partial charge in [0.1, 0.15) is 0 Å². The number of rotatable bonds is 9. The van der Waals surface area contributed by atoms with E-state index in [1.165, 1.54) is 0 Å². The highest BCUT2D eigenvalue weighted by Crippen LogP contribution is 2.30. The largest absolute Gasteiger partial charge is 0.493 e. The smallest absolute Gasteiger partial charge is 0.434 e. The maximum atomic E-state index is 12.6. The minimum absolute atomic E-state index is 0.374. The van der Waals surface area contributed by atoms with Gasteiger partial charge in [-0.1, -0.05) is 13.0 Å². The third-order valence-corrected chi connectivity index (χ3v) is 4.76. The van der Waals surface area contributed by atoms with Crippen molar-refractivity contribution in [2.24, 2.45) is 4.99 Å². The lowest BCUT2D eigenvalue weighted by Crippen LogP contribution is -2.37. The van der Waals surface area contributed by atoms with Crippen LogP contribution in [-0.2, 0) is 19.1 Å². The number of aliphatic imine (C=N–C) groups is 1. The summed E-state index contributed by atoms with van der Waals surface area (Å²) < 4.78 is 48.8. The Balaban J connectivity index is 1.83. The van der Waals surface area contributed by atoms with Gasteiger partial charge in [0.25, 0.3) is 0 Å². The summed E-state index contributed by atoms with van der Waals surface area (Å²) in [6, 6.07) is 5.68. The molecule has 1 heterocycles. The first-order chi connectivity index (χ1) is 13.9. The number of hydrogen-bond acceptors (Lipinski definition) is 5. The highest BCUT2D eigenvalue weighted by molar-refractivity contribution is 7.09. The van der Waals surface area contributed by atoms with E-state index in [9.17, 15) is 13.2 Å². The van der Waals surface area contributed by atoms with Crippen LogP contribution >= 0.6 is 11.3 Å². The van der Waals surface area contributed by atoms with Crippen LogP contribution in [-0.4, -0.2) is 38.3 Å². The zero-order valence-corrected chi connectivity index (χ0v) is 17.4. The number of halogens is 3. The molecule has 0 aliphatic heterocycles. The van der Waals surface area contributed by atoms with Crippen molar-refractivity contribution in [3.8, 4) is 11.5 Å². The van der Waals surface area contributed by atoms with Crippen LogP contribution in [0.25, 0.3) is 0 Å². The maximum Gasteiger partial charge on any atom is 0.434 e. The van der Waals surface area contributed by atoms with Gasteiger partial charge in [0.2, 0.25) is 0 Å². The van der Waals surface area contributed by atoms with Crippen LogP contribution in [0.15, 0.2) is 28.6 Å². The third kappa shape index (κ3) is 7.12. The zero-order chi connectivity index (χ0) is 21.3. The molecule has 2 rings (SSSR count). The van der Waals surface area contributed by atoms with Gasteiger partial charge >= 0.3 is 6.18 Å². The minimum Gasteiger partial charge on any atom is -0.493 e. The average Bonchev–Trinajstić information content (AvgIpc) is 3.18. The van der Waals surface area contributed by atoms with E-state index in [0.29, 0.717) is 48.6 Å². The normalized spacial score (nSPS) is 12.0. The standard InChI is InChI=1S/C19H25F3N4O2S/c1-4-9-28-14-6-5-13(10-15(14)27-3)11-25-18(23-2)24-8-7-17-26-16(12-29-17)19(20,21)22/h5-6,10,12H,4,7-9,11H2,1-3H3,(H2,23,24,25). The highest BCUT2D eigenvalue weighted by atomic mass is 32.1. The predicted octanol–water partition coefficient (Wildman–Crippen LogP) is 3.87. The van der Waals surface area contributed by atoms with Crippen LogP contribution in [0.2, 0.25) is 0 Å². The van der Waals surface area contributed by atoms with Crippen LogP contribution in [0.3, 0.4) is 0 Å². The van der Waals surface area contributed by atoms with Crippen molar-refractivity contribution in [1.29, 1.82) is 0 Å². The van der Waals surface area contributed by atoms with Gasteiger partial charge < -0.3 is 20.1 Å². The Labute approximate surface area is 172 Å². The number of nitrogens with zero attached hydrogens (tertiary/aromatic N) is 2. The van der Waals surface area contributed by atoms with Gasteiger partial charge in [-0.25, -0.2) is 4.98 Å². The molecule has 0 radical (unpaired) electrons. The van der Waals surface area contributed by atoms with Crippen molar-refractivity contribution in [3.05, 3.63) is 39.8 Å². The molecule has 2 aromatic rings. The number of aromatic nitrogens is 1. The number of nitrogens with one attached hydrogen (secondary N) is 2. The van der Waals surface area contributed by atoms with Gasteiger partial charge in [-0.05, 0) is 24.1 Å². The summed E-state index contributed by atoms with van der Waals surface area (Å²) in [4.78, 5) is 7.73. The van der Waals surface area contributed by atoms with Crippen LogP contribution in [0.1, 0.15) is 29.6 Å². The second-order valence-electron chi connectivity index (χ2n) is 6.06. The lowest BCUT2D eigenvalue weighted by Gasteiger charge is -2.14. The molecule has 1 aromatic carbocycles. The SMILES string of the molecule is CCCOc1ccc(CNC(=NC)NCCc2nc(C(F)(F)F)cs2)cc1OC. The summed E-state index contributed by atoms with van der Waals surface area (Å²) >= 11 is 1.000. The number of ether oxygens (including phenoxy) is 2. The van der Waals surface area contributed by atoms with Crippen molar-refractivity contribution in [1.82, 2.24) is 15.6 Å². The number of hydrogen-bond donors (Lipinski definition) is 2. The second-order valence-corrected chi connectivity index (χ2v) is 7.00. The number of alkyl halides is 3. The van der Waals surface area contributed by atoms with E-state index >= 15 is 0 Å². The molecule has 160 valence electrons. The molecule has 0 aliphatic rings. The number of guanidine groups is 1. The second kappa shape index (κ2) is 10.9. The lowest BCUT2D eigenvalue weighted by atomic mass is 10.2. The molecule has 6 nitrogen and oxygen atoms in total. The number of methoxy groups -OCH3 is 1. The molecular weight excluding hydrogens is 405 g/mol. The van der Waals surface area contributed by atoms with Crippen molar-refractivity contribution >= 4 is 17.3 Å². The summed E-state index contributed by atoms with van der Waals surface area (Å²) in [7, 11) is 3.22. The van der Waals surface area contributed by atoms with Gasteiger partial charge in [-0.3, -0.25) is 4.99 Å². The van der Waals surface area contributed by atoms with Crippen LogP contribution < -0.4 is 20.1 Å². The average molecular weight is 430 g/mol. The maximum absolute atomic E-state index is 12.6. The topological polar surface area (TPSA) is 67.8 Å². The van der Waals surface area contributed by atoms with Gasteiger partial charge in [-0.2, -0.15) is 13.2 Å². The van der Waals surface area contributed by atoms with Crippen molar-refractivity contribution in [2.75, 3.05) is 27.3 Å². The van der Waals surface area contributed by atoms with Gasteiger partial charge in [0, 0.05) is 31.9 Å². The molecule has 0 saturated carbocycles. The van der Waals surface area contributed by atoms with E-state index in [4.69, 9.17) is 9.47 Å². The quantitative estimate of drug-likeness (QED) is 0.467. The first-order valence-corrected chi connectivity index (χ1v) is 10.0. The molecule has 0 amide bonds. The Bertz CT molecular complexity index is 809. The van der Waals surface area contributed by atoms with E-state index in [0.717, 1.165) is 28.7 Å². The molecule has 10 heteroatoms. The first kappa shape index (κ1) is 22.8. The van der Waals surface area contributed by atoms with Crippen molar-refractivity contribution in [3.63, 3.8) is 0 Å². The lowest BCUT2D eigenvalue weighted by molar-refractivity contribution is -0.140. The number of thiazole rings is 1. The number of benzene rings is 1.